The van der Waals surface area contributed by atoms with E-state index in [1.165, 1.54) is 4.31 Å². The topological polar surface area (TPSA) is 86.7 Å². The largest absolute Gasteiger partial charge is 0.481 e. The summed E-state index contributed by atoms with van der Waals surface area (Å²) in [6, 6.07) is 0. The van der Waals surface area contributed by atoms with Crippen LogP contribution in [0.2, 0.25) is 0 Å². The molecule has 0 saturated carbocycles. The molecule has 0 spiro atoms. The number of carboxylic acid groups (broad SMARTS) is 1. The van der Waals surface area contributed by atoms with Gasteiger partial charge in [-0.3, -0.25) is 4.79 Å². The van der Waals surface area contributed by atoms with Gasteiger partial charge in [-0.2, -0.15) is 12.7 Å². The van der Waals surface area contributed by atoms with Gasteiger partial charge in [0.05, 0.1) is 0 Å². The van der Waals surface area contributed by atoms with E-state index in [-0.39, 0.29) is 6.42 Å². The average Bonchev–Trinajstić information content (AvgIpc) is 2.37. The van der Waals surface area contributed by atoms with Gasteiger partial charge in [-0.05, 0) is 31.6 Å². The van der Waals surface area contributed by atoms with Gasteiger partial charge in [0.1, 0.15) is 0 Å². The van der Waals surface area contributed by atoms with E-state index in [2.05, 4.69) is 11.6 Å². The van der Waals surface area contributed by atoms with Gasteiger partial charge in [-0.1, -0.05) is 19.8 Å². The van der Waals surface area contributed by atoms with Crippen molar-refractivity contribution in [2.24, 2.45) is 5.92 Å². The molecule has 118 valence electrons. The molecule has 7 heteroatoms. The highest BCUT2D eigenvalue weighted by atomic mass is 32.2. The SMILES string of the molecule is CC1CCN(S(=O)(=O)NCCCCCCC(=O)O)CC1. The van der Waals surface area contributed by atoms with E-state index in [1.54, 1.807) is 0 Å². The van der Waals surface area contributed by atoms with Crippen LogP contribution in [0.25, 0.3) is 0 Å². The fraction of sp³-hybridized carbons (Fsp3) is 0.923. The van der Waals surface area contributed by atoms with Crippen molar-refractivity contribution < 1.29 is 18.3 Å². The molecule has 1 heterocycles. The Morgan fingerprint density at radius 1 is 1.20 bits per heavy atom. The van der Waals surface area contributed by atoms with Gasteiger partial charge in [0.2, 0.25) is 0 Å². The first kappa shape index (κ1) is 17.4. The van der Waals surface area contributed by atoms with Crippen molar-refractivity contribution in [3.8, 4) is 0 Å². The molecule has 1 aliphatic rings. The van der Waals surface area contributed by atoms with Crippen molar-refractivity contribution >= 4 is 16.2 Å². The predicted molar refractivity (Wildman–Crippen MR) is 77.6 cm³/mol. The molecule has 1 fully saturated rings. The average molecular weight is 306 g/mol. The third-order valence-corrected chi connectivity index (χ3v) is 5.30. The molecule has 0 radical (unpaired) electrons. The number of carbonyl (C=O) groups is 1. The molecule has 2 N–H and O–H groups in total. The Labute approximate surface area is 121 Å². The second-order valence-electron chi connectivity index (χ2n) is 5.54. The summed E-state index contributed by atoms with van der Waals surface area (Å²) in [6.07, 6.45) is 5.14. The summed E-state index contributed by atoms with van der Waals surface area (Å²) < 4.78 is 28.2. The summed E-state index contributed by atoms with van der Waals surface area (Å²) >= 11 is 0. The zero-order valence-electron chi connectivity index (χ0n) is 12.2. The van der Waals surface area contributed by atoms with Crippen LogP contribution >= 0.6 is 0 Å². The van der Waals surface area contributed by atoms with Gasteiger partial charge >= 0.3 is 5.97 Å². The highest BCUT2D eigenvalue weighted by Gasteiger charge is 2.25. The smallest absolute Gasteiger partial charge is 0.303 e. The van der Waals surface area contributed by atoms with Crippen LogP contribution in [0.1, 0.15) is 51.9 Å². The van der Waals surface area contributed by atoms with Crippen molar-refractivity contribution in [2.75, 3.05) is 19.6 Å². The Balaban J connectivity index is 2.12. The Morgan fingerprint density at radius 2 is 1.80 bits per heavy atom. The number of rotatable bonds is 9. The summed E-state index contributed by atoms with van der Waals surface area (Å²) in [5.41, 5.74) is 0. The second kappa shape index (κ2) is 8.59. The summed E-state index contributed by atoms with van der Waals surface area (Å²) in [5.74, 6) is -0.166. The highest BCUT2D eigenvalue weighted by molar-refractivity contribution is 7.87. The molecule has 0 aromatic carbocycles. The van der Waals surface area contributed by atoms with Gasteiger partial charge in [-0.15, -0.1) is 0 Å². The molecule has 1 aliphatic heterocycles. The monoisotopic (exact) mass is 306 g/mol. The van der Waals surface area contributed by atoms with Crippen LogP contribution in [0, 0.1) is 5.92 Å². The predicted octanol–water partition coefficient (Wildman–Crippen LogP) is 1.59. The molecule has 0 atom stereocenters. The normalized spacial score (nSPS) is 18.2. The van der Waals surface area contributed by atoms with Crippen LogP contribution in [0.15, 0.2) is 0 Å². The molecular formula is C13H26N2O4S. The second-order valence-corrected chi connectivity index (χ2v) is 7.29. The number of unbranched alkanes of at least 4 members (excludes halogenated alkanes) is 3. The van der Waals surface area contributed by atoms with Crippen LogP contribution in [0.3, 0.4) is 0 Å². The van der Waals surface area contributed by atoms with Gasteiger partial charge in [-0.25, -0.2) is 4.72 Å². The Kier molecular flexibility index (Phi) is 7.47. The number of aliphatic carboxylic acids is 1. The van der Waals surface area contributed by atoms with Crippen LogP contribution in [-0.4, -0.2) is 43.4 Å². The van der Waals surface area contributed by atoms with Crippen molar-refractivity contribution in [2.45, 2.75) is 51.9 Å². The molecule has 1 saturated heterocycles. The third kappa shape index (κ3) is 6.67. The summed E-state index contributed by atoms with van der Waals surface area (Å²) in [7, 11) is -3.32. The number of hydrogen-bond acceptors (Lipinski definition) is 3. The molecule has 1 rings (SSSR count). The first-order chi connectivity index (χ1) is 9.42. The summed E-state index contributed by atoms with van der Waals surface area (Å²) in [5, 5.41) is 8.49. The number of hydrogen-bond donors (Lipinski definition) is 2. The standard InChI is InChI=1S/C13H26N2O4S/c1-12-7-10-15(11-8-12)20(18,19)14-9-5-3-2-4-6-13(16)17/h12,14H,2-11H2,1H3,(H,16,17). The molecule has 20 heavy (non-hydrogen) atoms. The number of nitrogens with zero attached hydrogens (tertiary/aromatic N) is 1. The zero-order chi connectivity index (χ0) is 15.0. The minimum atomic E-state index is -3.32. The molecule has 0 aromatic heterocycles. The molecule has 0 aliphatic carbocycles. The van der Waals surface area contributed by atoms with Crippen molar-refractivity contribution in [1.29, 1.82) is 0 Å². The van der Waals surface area contributed by atoms with Crippen LogP contribution in [-0.2, 0) is 15.0 Å². The lowest BCUT2D eigenvalue weighted by Crippen LogP contribution is -2.44. The molecule has 0 aromatic rings. The van der Waals surface area contributed by atoms with Crippen molar-refractivity contribution in [3.05, 3.63) is 0 Å². The highest BCUT2D eigenvalue weighted by Crippen LogP contribution is 2.17. The molecule has 0 unspecified atom stereocenters. The summed E-state index contributed by atoms with van der Waals surface area (Å²) in [6.45, 7) is 3.79. The minimum absolute atomic E-state index is 0.192. The molecule has 0 amide bonds. The maximum Gasteiger partial charge on any atom is 0.303 e. The van der Waals surface area contributed by atoms with Crippen LogP contribution in [0.5, 0.6) is 0 Å². The first-order valence-electron chi connectivity index (χ1n) is 7.38. The lowest BCUT2D eigenvalue weighted by atomic mass is 10.0. The third-order valence-electron chi connectivity index (χ3n) is 3.68. The first-order valence-corrected chi connectivity index (χ1v) is 8.82. The van der Waals surface area contributed by atoms with Gasteiger partial charge in [0, 0.05) is 26.1 Å². The zero-order valence-corrected chi connectivity index (χ0v) is 13.0. The number of carboxylic acids is 1. The lowest BCUT2D eigenvalue weighted by molar-refractivity contribution is -0.137. The van der Waals surface area contributed by atoms with E-state index < -0.39 is 16.2 Å². The van der Waals surface area contributed by atoms with E-state index in [9.17, 15) is 13.2 Å². The van der Waals surface area contributed by atoms with Crippen molar-refractivity contribution in [1.82, 2.24) is 9.03 Å². The Morgan fingerprint density at radius 3 is 2.40 bits per heavy atom. The van der Waals surface area contributed by atoms with Gasteiger partial charge in [0.15, 0.2) is 0 Å². The lowest BCUT2D eigenvalue weighted by Gasteiger charge is -2.29. The maximum atomic E-state index is 12.0. The summed E-state index contributed by atoms with van der Waals surface area (Å²) in [4.78, 5) is 10.3. The van der Waals surface area contributed by atoms with E-state index in [0.717, 1.165) is 32.1 Å². The molecule has 6 nitrogen and oxygen atoms in total. The fourth-order valence-electron chi connectivity index (χ4n) is 2.27. The fourth-order valence-corrected chi connectivity index (χ4v) is 3.55. The van der Waals surface area contributed by atoms with E-state index in [0.29, 0.717) is 32.0 Å². The Bertz CT molecular complexity index is 389. The van der Waals surface area contributed by atoms with Gasteiger partial charge in [0.25, 0.3) is 10.2 Å². The van der Waals surface area contributed by atoms with E-state index >= 15 is 0 Å². The number of piperidine rings is 1. The Hall–Kier alpha value is -0.660. The number of nitrogens with one attached hydrogen (secondary N) is 1. The van der Waals surface area contributed by atoms with Gasteiger partial charge < -0.3 is 5.11 Å². The quantitative estimate of drug-likeness (QED) is 0.633. The minimum Gasteiger partial charge on any atom is -0.481 e. The molecule has 0 bridgehead atoms. The van der Waals surface area contributed by atoms with Crippen LogP contribution < -0.4 is 4.72 Å². The van der Waals surface area contributed by atoms with E-state index in [4.69, 9.17) is 5.11 Å². The van der Waals surface area contributed by atoms with Crippen LogP contribution in [0.4, 0.5) is 0 Å². The van der Waals surface area contributed by atoms with E-state index in [1.807, 2.05) is 0 Å². The maximum absolute atomic E-state index is 12.0. The molecular weight excluding hydrogens is 280 g/mol. The van der Waals surface area contributed by atoms with Crippen molar-refractivity contribution in [3.63, 3.8) is 0 Å².